The third kappa shape index (κ3) is 4.99. The van der Waals surface area contributed by atoms with Crippen molar-refractivity contribution in [3.05, 3.63) is 108 Å². The van der Waals surface area contributed by atoms with Gasteiger partial charge in [-0.25, -0.2) is 0 Å². The third-order valence-corrected chi connectivity index (χ3v) is 5.45. The van der Waals surface area contributed by atoms with Crippen LogP contribution in [-0.4, -0.2) is 17.9 Å². The Kier molecular flexibility index (Phi) is 7.18. The number of nitrogens with two attached hydrogens (primary N) is 1. The molecule has 3 rings (SSSR count). The molecule has 0 saturated heterocycles. The van der Waals surface area contributed by atoms with E-state index in [2.05, 4.69) is 5.32 Å². The van der Waals surface area contributed by atoms with E-state index in [1.807, 2.05) is 97.1 Å². The van der Waals surface area contributed by atoms with E-state index in [9.17, 15) is 9.59 Å². The van der Waals surface area contributed by atoms with Gasteiger partial charge in [-0.05, 0) is 23.1 Å². The van der Waals surface area contributed by atoms with Gasteiger partial charge >= 0.3 is 0 Å². The van der Waals surface area contributed by atoms with Crippen molar-refractivity contribution in [3.63, 3.8) is 0 Å². The maximum Gasteiger partial charge on any atom is 0.240 e. The molecule has 5 heteroatoms. The summed E-state index contributed by atoms with van der Waals surface area (Å²) >= 11 is 0. The smallest absolute Gasteiger partial charge is 0.240 e. The van der Waals surface area contributed by atoms with Crippen molar-refractivity contribution in [2.45, 2.75) is 30.7 Å². The number of nitriles is 1. The zero-order valence-corrected chi connectivity index (χ0v) is 17.2. The Morgan fingerprint density at radius 2 is 1.26 bits per heavy atom. The van der Waals surface area contributed by atoms with Gasteiger partial charge in [-0.15, -0.1) is 0 Å². The van der Waals surface area contributed by atoms with Crippen molar-refractivity contribution in [1.82, 2.24) is 5.32 Å². The molecule has 0 bridgehead atoms. The molecule has 0 saturated carbocycles. The number of carbonyl (C=O) groups is 2. The first-order valence-corrected chi connectivity index (χ1v) is 10.2. The number of nitrogens with one attached hydrogen (secondary N) is 1. The number of primary amides is 1. The van der Waals surface area contributed by atoms with E-state index in [0.29, 0.717) is 0 Å². The Morgan fingerprint density at radius 3 is 1.61 bits per heavy atom. The molecule has 3 aromatic carbocycles. The maximum atomic E-state index is 13.3. The third-order valence-electron chi connectivity index (χ3n) is 5.45. The maximum absolute atomic E-state index is 13.3. The summed E-state index contributed by atoms with van der Waals surface area (Å²) in [5, 5.41) is 11.6. The van der Waals surface area contributed by atoms with Gasteiger partial charge in [-0.3, -0.25) is 9.59 Å². The molecule has 156 valence electrons. The van der Waals surface area contributed by atoms with Crippen LogP contribution in [0.3, 0.4) is 0 Å². The average molecular weight is 412 g/mol. The van der Waals surface area contributed by atoms with E-state index in [-0.39, 0.29) is 25.2 Å². The van der Waals surface area contributed by atoms with Crippen molar-refractivity contribution in [2.75, 3.05) is 0 Å². The second-order valence-electron chi connectivity index (χ2n) is 7.40. The molecule has 5 nitrogen and oxygen atoms in total. The fraction of sp³-hybridized carbons (Fsp3) is 0.192. The molecule has 0 aliphatic heterocycles. The van der Waals surface area contributed by atoms with Crippen LogP contribution in [0.15, 0.2) is 91.0 Å². The van der Waals surface area contributed by atoms with E-state index in [1.165, 1.54) is 0 Å². The Labute approximate surface area is 182 Å². The van der Waals surface area contributed by atoms with Gasteiger partial charge in [-0.1, -0.05) is 91.0 Å². The van der Waals surface area contributed by atoms with Gasteiger partial charge in [-0.2, -0.15) is 5.26 Å². The van der Waals surface area contributed by atoms with Gasteiger partial charge < -0.3 is 11.1 Å². The molecule has 0 aliphatic rings. The van der Waals surface area contributed by atoms with E-state index in [4.69, 9.17) is 11.0 Å². The predicted molar refractivity (Wildman–Crippen MR) is 120 cm³/mol. The van der Waals surface area contributed by atoms with Gasteiger partial charge in [0.1, 0.15) is 6.04 Å². The van der Waals surface area contributed by atoms with Crippen molar-refractivity contribution < 1.29 is 9.59 Å². The van der Waals surface area contributed by atoms with Crippen LogP contribution in [0.25, 0.3) is 0 Å². The molecule has 0 aliphatic carbocycles. The molecule has 1 atom stereocenters. The summed E-state index contributed by atoms with van der Waals surface area (Å²) in [6, 6.07) is 30.7. The summed E-state index contributed by atoms with van der Waals surface area (Å²) in [6.45, 7) is 0. The van der Waals surface area contributed by atoms with Crippen LogP contribution < -0.4 is 11.1 Å². The molecular weight excluding hydrogens is 386 g/mol. The molecular formula is C26H25N3O2. The van der Waals surface area contributed by atoms with Gasteiger partial charge in [0, 0.05) is 12.8 Å². The molecule has 0 fully saturated rings. The highest BCUT2D eigenvalue weighted by atomic mass is 16.2. The number of benzene rings is 3. The molecule has 3 N–H and O–H groups in total. The lowest BCUT2D eigenvalue weighted by molar-refractivity contribution is -0.127. The van der Waals surface area contributed by atoms with Crippen molar-refractivity contribution in [1.29, 1.82) is 5.26 Å². The summed E-state index contributed by atoms with van der Waals surface area (Å²) in [7, 11) is 0. The van der Waals surface area contributed by atoms with E-state index in [0.717, 1.165) is 16.7 Å². The molecule has 31 heavy (non-hydrogen) atoms. The monoisotopic (exact) mass is 411 g/mol. The zero-order chi connectivity index (χ0) is 22.1. The minimum atomic E-state index is -0.882. The first-order valence-electron chi connectivity index (χ1n) is 10.2. The molecule has 0 radical (unpaired) electrons. The normalized spacial score (nSPS) is 11.8. The van der Waals surface area contributed by atoms with Crippen molar-refractivity contribution in [2.24, 2.45) is 5.73 Å². The van der Waals surface area contributed by atoms with E-state index >= 15 is 0 Å². The minimum Gasteiger partial charge on any atom is -0.368 e. The number of hydrogen-bond acceptors (Lipinski definition) is 3. The topological polar surface area (TPSA) is 96.0 Å². The van der Waals surface area contributed by atoms with E-state index < -0.39 is 17.4 Å². The van der Waals surface area contributed by atoms with Crippen LogP contribution >= 0.6 is 0 Å². The number of nitrogens with zero attached hydrogens (tertiary/aromatic N) is 1. The summed E-state index contributed by atoms with van der Waals surface area (Å²) in [5.41, 5.74) is 7.60. The standard InChI is InChI=1S/C26H25N3O2/c27-18-10-17-23(25(28)31)29-24(30)19-26(20-11-4-1-5-12-20,21-13-6-2-7-14-21)22-15-8-3-9-16-22/h1-9,11-16,23H,10,17,19H2,(H2,28,31)(H,29,30)/t23-/m1/s1. The van der Waals surface area contributed by atoms with Crippen LogP contribution in [0.4, 0.5) is 0 Å². The largest absolute Gasteiger partial charge is 0.368 e. The molecule has 0 spiro atoms. The highest BCUT2D eigenvalue weighted by Crippen LogP contribution is 2.42. The minimum absolute atomic E-state index is 0.0847. The Hall–Kier alpha value is -3.91. The predicted octanol–water partition coefficient (Wildman–Crippen LogP) is 3.68. The van der Waals surface area contributed by atoms with Crippen LogP contribution in [0.2, 0.25) is 0 Å². The van der Waals surface area contributed by atoms with Crippen LogP contribution in [0.1, 0.15) is 36.0 Å². The molecule has 0 aromatic heterocycles. The van der Waals surface area contributed by atoms with Gasteiger partial charge in [0.25, 0.3) is 0 Å². The Bertz CT molecular complexity index is 948. The first-order chi connectivity index (χ1) is 15.1. The van der Waals surface area contributed by atoms with Crippen molar-refractivity contribution in [3.8, 4) is 6.07 Å². The number of carbonyl (C=O) groups excluding carboxylic acids is 2. The summed E-state index contributed by atoms with van der Waals surface area (Å²) in [4.78, 5) is 25.1. The van der Waals surface area contributed by atoms with Crippen molar-refractivity contribution >= 4 is 11.8 Å². The second-order valence-corrected chi connectivity index (χ2v) is 7.40. The molecule has 0 unspecified atom stereocenters. The van der Waals surface area contributed by atoms with Crippen LogP contribution in [0, 0.1) is 11.3 Å². The lowest BCUT2D eigenvalue weighted by Gasteiger charge is -2.36. The van der Waals surface area contributed by atoms with E-state index in [1.54, 1.807) is 0 Å². The molecule has 3 aromatic rings. The number of rotatable bonds is 9. The first kappa shape index (κ1) is 21.8. The lowest BCUT2D eigenvalue weighted by atomic mass is 9.67. The molecule has 0 heterocycles. The number of hydrogen-bond donors (Lipinski definition) is 2. The van der Waals surface area contributed by atoms with Crippen LogP contribution in [0.5, 0.6) is 0 Å². The van der Waals surface area contributed by atoms with Gasteiger partial charge in [0.2, 0.25) is 11.8 Å². The summed E-state index contributed by atoms with van der Waals surface area (Å²) in [6.07, 6.45) is 0.406. The zero-order valence-electron chi connectivity index (χ0n) is 17.2. The Balaban J connectivity index is 2.09. The van der Waals surface area contributed by atoms with Gasteiger partial charge in [0.15, 0.2) is 0 Å². The quantitative estimate of drug-likeness (QED) is 0.526. The second kappa shape index (κ2) is 10.2. The summed E-state index contributed by atoms with van der Waals surface area (Å²) in [5.74, 6) is -0.952. The highest BCUT2D eigenvalue weighted by molar-refractivity contribution is 5.87. The average Bonchev–Trinajstić information content (AvgIpc) is 2.81. The fourth-order valence-electron chi connectivity index (χ4n) is 3.95. The number of amides is 2. The lowest BCUT2D eigenvalue weighted by Crippen LogP contribution is -2.46. The van der Waals surface area contributed by atoms with Crippen LogP contribution in [-0.2, 0) is 15.0 Å². The Morgan fingerprint density at radius 1 is 0.839 bits per heavy atom. The van der Waals surface area contributed by atoms with Gasteiger partial charge in [0.05, 0.1) is 11.5 Å². The fourth-order valence-corrected chi connectivity index (χ4v) is 3.95. The SMILES string of the molecule is N#CCC[C@@H](NC(=O)CC(c1ccccc1)(c1ccccc1)c1ccccc1)C(N)=O. The summed E-state index contributed by atoms with van der Waals surface area (Å²) < 4.78 is 0. The highest BCUT2D eigenvalue weighted by Gasteiger charge is 2.39. The molecule has 2 amide bonds.